The average molecular weight is 423 g/mol. The van der Waals surface area contributed by atoms with Crippen molar-refractivity contribution in [2.24, 2.45) is 4.99 Å². The maximum atomic E-state index is 12.3. The van der Waals surface area contributed by atoms with Gasteiger partial charge in [-0.05, 0) is 25.5 Å². The molecule has 11 nitrogen and oxygen atoms in total. The smallest absolute Gasteiger partial charge is 0.270 e. The molecule has 0 spiro atoms. The summed E-state index contributed by atoms with van der Waals surface area (Å²) in [6.07, 6.45) is 4.43. The van der Waals surface area contributed by atoms with Crippen LogP contribution >= 0.6 is 0 Å². The third kappa shape index (κ3) is 7.50. The third-order valence-corrected chi connectivity index (χ3v) is 5.23. The van der Waals surface area contributed by atoms with Gasteiger partial charge in [0.25, 0.3) is 5.69 Å². The lowest BCUT2D eigenvalue weighted by molar-refractivity contribution is -0.385. The van der Waals surface area contributed by atoms with E-state index in [1.165, 1.54) is 18.2 Å². The number of aromatic nitrogens is 2. The number of hydrogen-bond donors (Lipinski definition) is 3. The van der Waals surface area contributed by atoms with Crippen molar-refractivity contribution in [2.45, 2.75) is 24.8 Å². The molecule has 0 unspecified atom stereocenters. The second-order valence-electron chi connectivity index (χ2n) is 5.96. The fourth-order valence-electron chi connectivity index (χ4n) is 2.41. The van der Waals surface area contributed by atoms with Gasteiger partial charge >= 0.3 is 0 Å². The number of nitro groups is 1. The van der Waals surface area contributed by atoms with Crippen molar-refractivity contribution in [3.63, 3.8) is 0 Å². The van der Waals surface area contributed by atoms with E-state index in [2.05, 4.69) is 25.4 Å². The Morgan fingerprint density at radius 2 is 2.10 bits per heavy atom. The van der Waals surface area contributed by atoms with Gasteiger partial charge in [0, 0.05) is 57.3 Å². The van der Waals surface area contributed by atoms with E-state index in [-0.39, 0.29) is 17.1 Å². The molecule has 0 radical (unpaired) electrons. The number of hydrogen-bond acceptors (Lipinski definition) is 6. The van der Waals surface area contributed by atoms with Gasteiger partial charge in [0.2, 0.25) is 10.0 Å². The molecule has 0 saturated heterocycles. The summed E-state index contributed by atoms with van der Waals surface area (Å²) in [4.78, 5) is 14.5. The van der Waals surface area contributed by atoms with Crippen LogP contribution < -0.4 is 15.4 Å². The Hall–Kier alpha value is -2.99. The minimum atomic E-state index is -3.84. The van der Waals surface area contributed by atoms with E-state index in [1.807, 2.05) is 23.9 Å². The van der Waals surface area contributed by atoms with E-state index in [1.54, 1.807) is 6.20 Å². The molecule has 12 heteroatoms. The van der Waals surface area contributed by atoms with E-state index in [4.69, 9.17) is 0 Å². The molecule has 2 aromatic rings. The second-order valence-corrected chi connectivity index (χ2v) is 7.73. The van der Waals surface area contributed by atoms with Crippen molar-refractivity contribution in [1.82, 2.24) is 25.1 Å². The summed E-state index contributed by atoms with van der Waals surface area (Å²) < 4.78 is 28.8. The number of non-ortho nitro benzene ring substituents is 1. The number of rotatable bonds is 11. The maximum Gasteiger partial charge on any atom is 0.270 e. The van der Waals surface area contributed by atoms with Crippen LogP contribution in [-0.4, -0.2) is 55.3 Å². The molecular weight excluding hydrogens is 398 g/mol. The molecule has 2 rings (SSSR count). The summed E-state index contributed by atoms with van der Waals surface area (Å²) in [7, 11) is -3.84. The van der Waals surface area contributed by atoms with E-state index in [0.717, 1.165) is 19.0 Å². The fourth-order valence-corrected chi connectivity index (χ4v) is 3.48. The van der Waals surface area contributed by atoms with Crippen molar-refractivity contribution < 1.29 is 13.3 Å². The number of aryl methyl sites for hydroxylation is 1. The highest BCUT2D eigenvalue weighted by atomic mass is 32.2. The lowest BCUT2D eigenvalue weighted by Gasteiger charge is -2.12. The minimum Gasteiger partial charge on any atom is -0.357 e. The summed E-state index contributed by atoms with van der Waals surface area (Å²) in [5.74, 6) is 0.586. The highest BCUT2D eigenvalue weighted by Crippen LogP contribution is 2.16. The summed E-state index contributed by atoms with van der Waals surface area (Å²) in [6.45, 7) is 4.37. The molecule has 0 saturated carbocycles. The number of aliphatic imine (C=N–C) groups is 1. The Balaban J connectivity index is 1.80. The summed E-state index contributed by atoms with van der Waals surface area (Å²) in [5.41, 5.74) is -0.275. The quantitative estimate of drug-likeness (QED) is 0.159. The predicted molar refractivity (Wildman–Crippen MR) is 109 cm³/mol. The highest BCUT2D eigenvalue weighted by molar-refractivity contribution is 7.89. The molecule has 0 bridgehead atoms. The molecule has 0 aliphatic carbocycles. The molecule has 1 aromatic carbocycles. The largest absolute Gasteiger partial charge is 0.357 e. The van der Waals surface area contributed by atoms with Gasteiger partial charge in [-0.2, -0.15) is 5.10 Å². The van der Waals surface area contributed by atoms with Crippen LogP contribution in [0.2, 0.25) is 0 Å². The van der Waals surface area contributed by atoms with E-state index < -0.39 is 14.9 Å². The van der Waals surface area contributed by atoms with Crippen LogP contribution in [0.1, 0.15) is 13.3 Å². The molecule has 0 aliphatic heterocycles. The number of nitro benzene ring substituents is 1. The first-order chi connectivity index (χ1) is 13.9. The fraction of sp³-hybridized carbons (Fsp3) is 0.412. The lowest BCUT2D eigenvalue weighted by Crippen LogP contribution is -2.41. The first kappa shape index (κ1) is 22.3. The molecule has 3 N–H and O–H groups in total. The van der Waals surface area contributed by atoms with Crippen LogP contribution in [0, 0.1) is 10.1 Å². The van der Waals surface area contributed by atoms with Crippen LogP contribution in [0.25, 0.3) is 0 Å². The molecular formula is C17H25N7O4S. The number of guanidine groups is 1. The summed E-state index contributed by atoms with van der Waals surface area (Å²) in [6, 6.07) is 6.79. The van der Waals surface area contributed by atoms with Crippen LogP contribution in [-0.2, 0) is 16.6 Å². The zero-order valence-electron chi connectivity index (χ0n) is 16.1. The molecule has 1 aromatic heterocycles. The van der Waals surface area contributed by atoms with Gasteiger partial charge in [0.15, 0.2) is 5.96 Å². The van der Waals surface area contributed by atoms with Crippen LogP contribution in [0.15, 0.2) is 52.6 Å². The van der Waals surface area contributed by atoms with Crippen molar-refractivity contribution in [3.8, 4) is 0 Å². The topological polar surface area (TPSA) is 144 Å². The van der Waals surface area contributed by atoms with Gasteiger partial charge in [-0.3, -0.25) is 19.8 Å². The third-order valence-electron chi connectivity index (χ3n) is 3.77. The molecule has 158 valence electrons. The lowest BCUT2D eigenvalue weighted by atomic mass is 10.3. The Morgan fingerprint density at radius 1 is 1.28 bits per heavy atom. The maximum absolute atomic E-state index is 12.3. The number of benzene rings is 1. The van der Waals surface area contributed by atoms with Gasteiger partial charge in [-0.25, -0.2) is 13.1 Å². The van der Waals surface area contributed by atoms with Gasteiger partial charge < -0.3 is 10.6 Å². The van der Waals surface area contributed by atoms with E-state index >= 15 is 0 Å². The van der Waals surface area contributed by atoms with E-state index in [0.29, 0.717) is 25.6 Å². The van der Waals surface area contributed by atoms with Crippen molar-refractivity contribution in [1.29, 1.82) is 0 Å². The Kier molecular flexibility index (Phi) is 8.55. The Bertz CT molecular complexity index is 914. The second kappa shape index (κ2) is 11.1. The Morgan fingerprint density at radius 3 is 2.79 bits per heavy atom. The zero-order chi connectivity index (χ0) is 21.1. The molecule has 0 fully saturated rings. The average Bonchev–Trinajstić information content (AvgIpc) is 3.22. The van der Waals surface area contributed by atoms with Crippen molar-refractivity contribution >= 4 is 21.7 Å². The number of sulfonamides is 1. The van der Waals surface area contributed by atoms with Crippen molar-refractivity contribution in [2.75, 3.05) is 26.2 Å². The summed E-state index contributed by atoms with van der Waals surface area (Å²) in [5, 5.41) is 21.1. The first-order valence-corrected chi connectivity index (χ1v) is 10.6. The van der Waals surface area contributed by atoms with Crippen LogP contribution in [0.3, 0.4) is 0 Å². The normalized spacial score (nSPS) is 12.0. The minimum absolute atomic E-state index is 0.0999. The standard InChI is InChI=1S/C17H25N7O4S/c1-2-18-17(19-8-4-12-23-13-5-9-21-23)20-10-11-22-29(27,28)16-7-3-6-15(14-16)24(25)26/h3,5-7,9,13-14,22H,2,4,8,10-12H2,1H3,(H2,18,19,20). The molecule has 29 heavy (non-hydrogen) atoms. The highest BCUT2D eigenvalue weighted by Gasteiger charge is 2.17. The Labute approximate surface area is 169 Å². The number of nitrogens with zero attached hydrogens (tertiary/aromatic N) is 4. The zero-order valence-corrected chi connectivity index (χ0v) is 16.9. The van der Waals surface area contributed by atoms with E-state index in [9.17, 15) is 18.5 Å². The van der Waals surface area contributed by atoms with Crippen LogP contribution in [0.4, 0.5) is 5.69 Å². The molecule has 0 atom stereocenters. The van der Waals surface area contributed by atoms with Crippen molar-refractivity contribution in [3.05, 3.63) is 52.8 Å². The molecule has 0 amide bonds. The van der Waals surface area contributed by atoms with Gasteiger partial charge in [-0.15, -0.1) is 0 Å². The summed E-state index contributed by atoms with van der Waals surface area (Å²) >= 11 is 0. The molecule has 0 aliphatic rings. The van der Waals surface area contributed by atoms with Crippen LogP contribution in [0.5, 0.6) is 0 Å². The monoisotopic (exact) mass is 423 g/mol. The number of nitrogens with one attached hydrogen (secondary N) is 3. The SMILES string of the molecule is CCNC(=NCCCn1cccn1)NCCNS(=O)(=O)c1cccc([N+](=O)[O-])c1. The van der Waals surface area contributed by atoms with Gasteiger partial charge in [0.05, 0.1) is 9.82 Å². The first-order valence-electron chi connectivity index (χ1n) is 9.16. The van der Waals surface area contributed by atoms with Gasteiger partial charge in [0.1, 0.15) is 0 Å². The van der Waals surface area contributed by atoms with Gasteiger partial charge in [-0.1, -0.05) is 6.07 Å². The predicted octanol–water partition coefficient (Wildman–Crippen LogP) is 0.715. The molecule has 1 heterocycles.